The van der Waals surface area contributed by atoms with E-state index in [9.17, 15) is 80.8 Å². The maximum atomic E-state index is 12.7. The number of unbranched alkanes of at least 4 members (excludes halogenated alkanes) is 2. The second-order valence-corrected chi connectivity index (χ2v) is 17.1. The summed E-state index contributed by atoms with van der Waals surface area (Å²) in [5.74, 6) is -1.02. The Kier molecular flexibility index (Phi) is 24.4. The van der Waals surface area contributed by atoms with Gasteiger partial charge in [-0.1, -0.05) is 0 Å². The van der Waals surface area contributed by atoms with E-state index in [0.717, 1.165) is 0 Å². The molecule has 0 aliphatic carbocycles. The van der Waals surface area contributed by atoms with E-state index < -0.39 is 155 Å². The summed E-state index contributed by atoms with van der Waals surface area (Å²) in [6, 6.07) is -0.937. The van der Waals surface area contributed by atoms with Gasteiger partial charge < -0.3 is 126 Å². The summed E-state index contributed by atoms with van der Waals surface area (Å²) in [6.07, 6.45) is -29.1. The van der Waals surface area contributed by atoms with Gasteiger partial charge in [0.15, 0.2) is 25.2 Å². The standard InChI is InChI=1S/C40H72N4O24/c1-17-24(49)28(53)31(56)37(64-17)61-12-10-43-23(48)8-3-2-7-22(47)42-9-5-4-6-18(41)36(60)44-11-13-62-39-34(59)35(68-40-33(58)30(55)26(51)20(15-46)66-40)27(52)21(67-39)16-63-38-32(57)29(54)25(50)19(14-45)65-38/h17-21,24-35,37-40,45-46,49-59H,2-16,41H2,1H3,(H,42,47)(H,43,48)(H,44,60)/t17-,18-,19+,20+,21+,24+,25+,26+,27+,28+,29-,30-,31-,32-,33-,34-,35-,37+,38-,39-,40+/m0/s1. The average Bonchev–Trinajstić information content (AvgIpc) is 3.32. The molecule has 4 aliphatic rings. The van der Waals surface area contributed by atoms with Gasteiger partial charge >= 0.3 is 0 Å². The summed E-state index contributed by atoms with van der Waals surface area (Å²) in [5.41, 5.74) is 6.04. The molecule has 0 aromatic carbocycles. The van der Waals surface area contributed by atoms with E-state index in [2.05, 4.69) is 16.0 Å². The topological polar surface area (TPSA) is 450 Å². The first-order chi connectivity index (χ1) is 32.3. The zero-order valence-electron chi connectivity index (χ0n) is 37.6. The van der Waals surface area contributed by atoms with Gasteiger partial charge in [0.2, 0.25) is 17.7 Å². The van der Waals surface area contributed by atoms with Crippen molar-refractivity contribution >= 4 is 17.7 Å². The smallest absolute Gasteiger partial charge is 0.236 e. The van der Waals surface area contributed by atoms with Crippen molar-refractivity contribution in [1.82, 2.24) is 16.0 Å². The molecule has 4 fully saturated rings. The van der Waals surface area contributed by atoms with Crippen molar-refractivity contribution in [2.24, 2.45) is 5.73 Å². The van der Waals surface area contributed by atoms with Crippen LogP contribution in [0.4, 0.5) is 0 Å². The Balaban J connectivity index is 1.13. The fourth-order valence-corrected chi connectivity index (χ4v) is 7.66. The fraction of sp³-hybridized carbons (Fsp3) is 0.925. The van der Waals surface area contributed by atoms with Crippen molar-refractivity contribution in [3.8, 4) is 0 Å². The maximum absolute atomic E-state index is 12.7. The third-order valence-electron chi connectivity index (χ3n) is 11.9. The lowest BCUT2D eigenvalue weighted by Gasteiger charge is -2.46. The summed E-state index contributed by atoms with van der Waals surface area (Å²) < 4.78 is 44.0. The summed E-state index contributed by atoms with van der Waals surface area (Å²) in [5, 5.41) is 141. The molecule has 28 heteroatoms. The molecule has 3 amide bonds. The van der Waals surface area contributed by atoms with Gasteiger partial charge in [-0.15, -0.1) is 0 Å². The summed E-state index contributed by atoms with van der Waals surface area (Å²) in [7, 11) is 0. The predicted octanol–water partition coefficient (Wildman–Crippen LogP) is -9.30. The Hall–Kier alpha value is -2.47. The van der Waals surface area contributed by atoms with E-state index in [1.807, 2.05) is 0 Å². The minimum Gasteiger partial charge on any atom is -0.394 e. The molecule has 0 radical (unpaired) electrons. The number of hydrogen-bond donors (Lipinski definition) is 17. The van der Waals surface area contributed by atoms with Crippen LogP contribution < -0.4 is 21.7 Å². The van der Waals surface area contributed by atoms with Gasteiger partial charge in [-0.05, 0) is 39.0 Å². The normalized spacial score (nSPS) is 39.2. The molecule has 0 aromatic rings. The lowest BCUT2D eigenvalue weighted by atomic mass is 9.96. The van der Waals surface area contributed by atoms with E-state index in [4.69, 9.17) is 43.6 Å². The number of aliphatic hydroxyl groups is 13. The molecule has 4 saturated heterocycles. The molecule has 4 aliphatic heterocycles. The Morgan fingerprint density at radius 3 is 1.56 bits per heavy atom. The van der Waals surface area contributed by atoms with E-state index in [0.29, 0.717) is 32.2 Å². The number of ether oxygens (including phenoxy) is 8. The van der Waals surface area contributed by atoms with Crippen LogP contribution in [-0.2, 0) is 52.3 Å². The van der Waals surface area contributed by atoms with Crippen molar-refractivity contribution in [1.29, 1.82) is 0 Å². The van der Waals surface area contributed by atoms with Crippen LogP contribution in [0.25, 0.3) is 0 Å². The molecule has 0 unspecified atom stereocenters. The Bertz CT molecular complexity index is 1510. The predicted molar refractivity (Wildman–Crippen MR) is 223 cm³/mol. The highest BCUT2D eigenvalue weighted by Crippen LogP contribution is 2.31. The molecule has 0 saturated carbocycles. The van der Waals surface area contributed by atoms with E-state index in [1.165, 1.54) is 6.92 Å². The molecule has 68 heavy (non-hydrogen) atoms. The Morgan fingerprint density at radius 2 is 0.985 bits per heavy atom. The van der Waals surface area contributed by atoms with E-state index in [-0.39, 0.29) is 57.4 Å². The molecule has 4 heterocycles. The van der Waals surface area contributed by atoms with Gasteiger partial charge in [-0.3, -0.25) is 14.4 Å². The summed E-state index contributed by atoms with van der Waals surface area (Å²) in [4.78, 5) is 37.1. The number of hydrogen-bond acceptors (Lipinski definition) is 25. The molecule has 0 aromatic heterocycles. The van der Waals surface area contributed by atoms with Crippen molar-refractivity contribution in [2.75, 3.05) is 52.7 Å². The molecule has 21 atom stereocenters. The first kappa shape index (κ1) is 58.1. The molecule has 0 bridgehead atoms. The molecule has 18 N–H and O–H groups in total. The van der Waals surface area contributed by atoms with Gasteiger partial charge in [0.05, 0.1) is 45.2 Å². The first-order valence-electron chi connectivity index (χ1n) is 22.7. The van der Waals surface area contributed by atoms with Crippen LogP contribution in [0.5, 0.6) is 0 Å². The Labute approximate surface area is 391 Å². The number of carbonyl (C=O) groups is 3. The maximum Gasteiger partial charge on any atom is 0.236 e. The lowest BCUT2D eigenvalue weighted by molar-refractivity contribution is -0.366. The van der Waals surface area contributed by atoms with Crippen LogP contribution >= 0.6 is 0 Å². The second-order valence-electron chi connectivity index (χ2n) is 17.1. The quantitative estimate of drug-likeness (QED) is 0.0358. The van der Waals surface area contributed by atoms with Gasteiger partial charge in [0, 0.05) is 32.5 Å². The second kappa shape index (κ2) is 28.5. The Morgan fingerprint density at radius 1 is 0.515 bits per heavy atom. The molecular weight excluding hydrogens is 920 g/mol. The number of carbonyl (C=O) groups excluding carboxylic acids is 3. The number of rotatable bonds is 26. The van der Waals surface area contributed by atoms with Crippen molar-refractivity contribution in [2.45, 2.75) is 181 Å². The highest BCUT2D eigenvalue weighted by atomic mass is 16.8. The zero-order chi connectivity index (χ0) is 50.2. The van der Waals surface area contributed by atoms with Crippen molar-refractivity contribution < 1.29 is 119 Å². The first-order valence-corrected chi connectivity index (χ1v) is 22.7. The van der Waals surface area contributed by atoms with Gasteiger partial charge in [-0.25, -0.2) is 0 Å². The SMILES string of the molecule is C[C@@H]1O[C@@H](OCCNC(=O)CCCCC(=O)NCCCC[C@H](N)C(=O)NCCO[C@H]2O[C@H](CO[C@H]3O[C@H](CO)[C@@H](O)[C@H](O)[C@@H]3O)[C@@H](O)[C@H](O[C@H]3O[C@H](CO)[C@@H](O)[C@H](O)[C@@H]3O)[C@@H]2O)[C@@H](O)[C@H](O)[C@@H]1O. The van der Waals surface area contributed by atoms with Crippen LogP contribution in [0.3, 0.4) is 0 Å². The number of nitrogens with one attached hydrogen (secondary N) is 3. The van der Waals surface area contributed by atoms with Crippen molar-refractivity contribution in [3.05, 3.63) is 0 Å². The third-order valence-corrected chi connectivity index (χ3v) is 11.9. The zero-order valence-corrected chi connectivity index (χ0v) is 37.6. The molecule has 396 valence electrons. The molecule has 4 rings (SSSR count). The third kappa shape index (κ3) is 16.3. The van der Waals surface area contributed by atoms with Crippen LogP contribution in [0.15, 0.2) is 0 Å². The van der Waals surface area contributed by atoms with E-state index >= 15 is 0 Å². The van der Waals surface area contributed by atoms with Crippen LogP contribution in [0.2, 0.25) is 0 Å². The van der Waals surface area contributed by atoms with Gasteiger partial charge in [-0.2, -0.15) is 0 Å². The van der Waals surface area contributed by atoms with Crippen molar-refractivity contribution in [3.63, 3.8) is 0 Å². The highest BCUT2D eigenvalue weighted by Gasteiger charge is 2.52. The van der Waals surface area contributed by atoms with E-state index in [1.54, 1.807) is 0 Å². The molecule has 0 spiro atoms. The minimum absolute atomic E-state index is 0.00657. The highest BCUT2D eigenvalue weighted by molar-refractivity contribution is 5.81. The fourth-order valence-electron chi connectivity index (χ4n) is 7.66. The van der Waals surface area contributed by atoms with Crippen LogP contribution in [0, 0.1) is 0 Å². The molecule has 28 nitrogen and oxygen atoms in total. The average molecular weight is 993 g/mol. The number of aliphatic hydroxyl groups excluding tert-OH is 13. The van der Waals surface area contributed by atoms with Gasteiger partial charge in [0.1, 0.15) is 91.6 Å². The minimum atomic E-state index is -1.93. The van der Waals surface area contributed by atoms with Crippen LogP contribution in [-0.4, -0.2) is 266 Å². The monoisotopic (exact) mass is 992 g/mol. The lowest BCUT2D eigenvalue weighted by Crippen LogP contribution is -2.65. The number of amides is 3. The number of nitrogens with two attached hydrogens (primary N) is 1. The largest absolute Gasteiger partial charge is 0.394 e. The molecular formula is C40H72N4O24. The summed E-state index contributed by atoms with van der Waals surface area (Å²) in [6.45, 7) is -0.730. The van der Waals surface area contributed by atoms with Crippen LogP contribution in [0.1, 0.15) is 51.9 Å². The summed E-state index contributed by atoms with van der Waals surface area (Å²) >= 11 is 0. The van der Waals surface area contributed by atoms with Gasteiger partial charge in [0.25, 0.3) is 0 Å².